The number of carboxylic acid groups (broad SMARTS) is 1. The minimum Gasteiger partial charge on any atom is -0.550 e. The van der Waals surface area contributed by atoms with Gasteiger partial charge in [0.1, 0.15) is 0 Å². The van der Waals surface area contributed by atoms with E-state index in [4.69, 9.17) is 161 Å². The van der Waals surface area contributed by atoms with Crippen molar-refractivity contribution >= 4 is 261 Å². The fourth-order valence-electron chi connectivity index (χ4n) is 12.9. The maximum absolute atomic E-state index is 13.1. The van der Waals surface area contributed by atoms with Crippen LogP contribution in [0, 0.1) is 0 Å². The number of ether oxygens (including phenoxy) is 2. The van der Waals surface area contributed by atoms with Crippen LogP contribution in [0.25, 0.3) is 128 Å². The van der Waals surface area contributed by atoms with Gasteiger partial charge in [0.2, 0.25) is 11.6 Å². The Morgan fingerprint density at radius 2 is 0.748 bits per heavy atom. The summed E-state index contributed by atoms with van der Waals surface area (Å²) in [6.07, 6.45) is 0. The van der Waals surface area contributed by atoms with Gasteiger partial charge in [-0.2, -0.15) is 15.4 Å². The third-order valence-electron chi connectivity index (χ3n) is 17.3. The minimum atomic E-state index is -1.08. The van der Waals surface area contributed by atoms with Crippen LogP contribution in [-0.4, -0.2) is 79.7 Å². The number of para-hydroxylation sites is 6. The number of aromatic nitrogens is 7. The van der Waals surface area contributed by atoms with Gasteiger partial charge in [0, 0.05) is 53.4 Å². The van der Waals surface area contributed by atoms with Crippen LogP contribution in [0.4, 0.5) is 4.70 Å². The Kier molecular flexibility index (Phi) is 34.2. The summed E-state index contributed by atoms with van der Waals surface area (Å²) >= 11 is 75.8. The van der Waals surface area contributed by atoms with E-state index >= 15 is 0 Å². The summed E-state index contributed by atoms with van der Waals surface area (Å²) in [7, 11) is 3.06. The van der Waals surface area contributed by atoms with Gasteiger partial charge in [0.15, 0.2) is 17.2 Å². The second kappa shape index (κ2) is 43.0. The molecule has 2 N–H and O–H groups in total. The van der Waals surface area contributed by atoms with E-state index in [1.807, 2.05) is 124 Å². The summed E-state index contributed by atoms with van der Waals surface area (Å²) in [4.78, 5) is 48.6. The molecule has 0 saturated carbocycles. The molecule has 35 heteroatoms. The van der Waals surface area contributed by atoms with E-state index in [0.717, 1.165) is 78.0 Å². The van der Waals surface area contributed by atoms with E-state index in [9.17, 15) is 14.7 Å². The number of methoxy groups -OCH3 is 2. The van der Waals surface area contributed by atoms with Crippen molar-refractivity contribution in [3.63, 3.8) is 0 Å². The Morgan fingerprint density at radius 1 is 0.462 bits per heavy atom. The van der Waals surface area contributed by atoms with Crippen molar-refractivity contribution in [3.05, 3.63) is 293 Å². The number of aromatic hydroxyl groups is 1. The van der Waals surface area contributed by atoms with Crippen molar-refractivity contribution in [3.8, 4) is 80.0 Å². The molecule has 17 aromatic rings. The number of aliphatic carboxylic acids is 1. The van der Waals surface area contributed by atoms with Gasteiger partial charge in [-0.05, 0) is 116 Å². The largest absolute Gasteiger partial charge is 1.00 e. The standard InChI is InChI=1S/C27H16Cl3N3O2.C27H17Cl3N2O4.C26H14Cl3N3O2.C2H4O2.CH2Cl2.CH4.BBr3.FH.Na/c1-34-25-18(26-31-27(35-32-26)24-19(29)9-6-10-20(24)30)13-15(28)14-23(25)33-21-11-4-2-7-16(21)17-8-3-5-12-22(17)33;1-35-25-18(26(33)31-36-27(34)24-19(29)9-6-10-20(24)30)13-15(28)14-23(25)32-21-11-4-2-7-16(21)17-8-3-5-12-22(17)32;27-14-12-17(25-30-26(34-31-25)23-18(28)8-5-9-19(23)29)24(33)22(13-14)32-20-10-3-1-6-15(20)16-7-2-4-11-21(16)32;1-2(3)4;2-1-3;;2-1(3)4;;/h2-14H,1H3;2-14H,1H3,(H,31,33);1-13,33H;1H3,(H,3,4);1H2;1H4;;1H;/q;;;;;;;;+1/p-1. The number of nitrogens with one attached hydrogen (secondary N) is 1. The zero-order chi connectivity index (χ0) is 82.8. The maximum Gasteiger partial charge on any atom is 1.00 e. The Balaban J connectivity index is 0.000000189. The van der Waals surface area contributed by atoms with Crippen molar-refractivity contribution < 1.29 is 82.2 Å². The van der Waals surface area contributed by atoms with Gasteiger partial charge in [0.25, 0.3) is 17.7 Å². The number of carbonyl (C=O) groups excluding carboxylic acids is 3. The predicted molar refractivity (Wildman–Crippen MR) is 488 cm³/mol. The fraction of sp³-hybridized carbons (Fsp3) is 0.0595. The average Bonchev–Trinajstić information content (AvgIpc) is 1.61. The first-order valence-electron chi connectivity index (χ1n) is 33.9. The fourth-order valence-corrected chi connectivity index (χ4v) is 15.2. The second-order valence-electron chi connectivity index (χ2n) is 24.2. The molecule has 18 nitrogen and oxygen atoms in total. The average molecular weight is 2020 g/mol. The van der Waals surface area contributed by atoms with Crippen molar-refractivity contribution in [1.82, 2.24) is 39.5 Å². The summed E-state index contributed by atoms with van der Waals surface area (Å²) in [6.45, 7) is 0.972. The number of nitrogens with zero attached hydrogens (tertiary/aromatic N) is 7. The number of alkyl halides is 2. The number of benzene rings is 12. The smallest absolute Gasteiger partial charge is 0.550 e. The van der Waals surface area contributed by atoms with Crippen LogP contribution >= 0.6 is 175 Å². The third-order valence-corrected chi connectivity index (χ3v) is 19.9. The summed E-state index contributed by atoms with van der Waals surface area (Å²) in [6, 6.07) is 73.1. The number of carbonyl (C=O) groups is 3. The SMILES string of the molecule is BrB(Br)Br.C.CC(=O)[O-].COc1c(-c2noc(-c3c(Cl)cccc3Cl)n2)cc(Cl)cc1-n1c2ccccc2c2ccccc21.COc1c(C(=O)NOC(=O)c2c(Cl)cccc2Cl)cc(Cl)cc1-n1c2ccccc2c2ccccc21.ClCCl.F.Oc1c(-c2noc(-c3c(Cl)cccc3Cl)n2)cc(Cl)cc1-n1c2ccccc2c2ccccc21.[Na+]. The van der Waals surface area contributed by atoms with Crippen LogP contribution in [0.1, 0.15) is 35.1 Å². The van der Waals surface area contributed by atoms with Crippen LogP contribution in [0.15, 0.2) is 246 Å². The van der Waals surface area contributed by atoms with Crippen LogP contribution in [-0.2, 0) is 9.63 Å². The molecule has 0 aliphatic carbocycles. The van der Waals surface area contributed by atoms with Gasteiger partial charge in [-0.1, -0.05) is 250 Å². The first-order valence-corrected chi connectivity index (χ1v) is 41.1. The number of fused-ring (bicyclic) bond motifs is 9. The number of hydrogen-bond acceptors (Lipinski definition) is 14. The normalized spacial score (nSPS) is 10.6. The summed E-state index contributed by atoms with van der Waals surface area (Å²) in [5, 5.41) is 38.1. The molecule has 1 amide bonds. The molecule has 0 radical (unpaired) electrons. The van der Waals surface area contributed by atoms with Gasteiger partial charge in [-0.15, -0.1) is 70.5 Å². The number of amides is 1. The number of halogens is 15. The van der Waals surface area contributed by atoms with Gasteiger partial charge < -0.3 is 52.1 Å². The maximum atomic E-state index is 13.1. The third kappa shape index (κ3) is 20.9. The Morgan fingerprint density at radius 3 is 1.09 bits per heavy atom. The van der Waals surface area contributed by atoms with E-state index in [1.54, 1.807) is 73.8 Å². The molecule has 0 aliphatic rings. The van der Waals surface area contributed by atoms with Gasteiger partial charge in [0.05, 0.1) is 133 Å². The van der Waals surface area contributed by atoms with Gasteiger partial charge in [-0.3, -0.25) is 9.50 Å². The van der Waals surface area contributed by atoms with E-state index in [0.29, 0.717) is 80.4 Å². The molecule has 5 aromatic heterocycles. The zero-order valence-electron chi connectivity index (χ0n) is 61.3. The number of hydrogen-bond donors (Lipinski definition) is 2. The van der Waals surface area contributed by atoms with E-state index in [1.165, 1.54) is 25.3 Å². The van der Waals surface area contributed by atoms with E-state index in [-0.39, 0.29) is 100 Å². The number of rotatable bonds is 11. The van der Waals surface area contributed by atoms with Crippen molar-refractivity contribution in [1.29, 1.82) is 0 Å². The van der Waals surface area contributed by atoms with Gasteiger partial charge in [-0.25, -0.2) is 4.79 Å². The first-order chi connectivity index (χ1) is 55.9. The number of phenolic OH excluding ortho intramolecular Hbond substituents is 1. The topological polar surface area (TPSA) is 227 Å². The molecular formula is C84H57BBr3Cl11FN8NaO10. The number of carboxylic acids is 1. The van der Waals surface area contributed by atoms with E-state index < -0.39 is 17.8 Å². The molecule has 119 heavy (non-hydrogen) atoms. The summed E-state index contributed by atoms with van der Waals surface area (Å²) in [5.74, 6) is -1.16. The van der Waals surface area contributed by atoms with Crippen LogP contribution in [0.5, 0.6) is 17.2 Å². The van der Waals surface area contributed by atoms with Gasteiger partial charge >= 0.3 is 38.7 Å². The molecule has 5 heterocycles. The van der Waals surface area contributed by atoms with Crippen LogP contribution < -0.4 is 49.6 Å². The molecule has 0 aliphatic heterocycles. The molecule has 0 bridgehead atoms. The quantitative estimate of drug-likeness (QED) is 0.0698. The zero-order valence-corrected chi connectivity index (χ0v) is 76.3. The molecule has 0 spiro atoms. The second-order valence-corrected chi connectivity index (χ2v) is 35.2. The van der Waals surface area contributed by atoms with Crippen molar-refractivity contribution in [2.75, 3.05) is 19.6 Å². The minimum absolute atomic E-state index is 0. The molecule has 0 saturated heterocycles. The number of hydroxylamine groups is 1. The Hall–Kier alpha value is -8.25. The molecule has 0 fully saturated rings. The molecule has 0 atom stereocenters. The van der Waals surface area contributed by atoms with E-state index in [2.05, 4.69) is 114 Å². The molecular weight excluding hydrogens is 1960 g/mol. The Labute approximate surface area is 781 Å². The van der Waals surface area contributed by atoms with Crippen molar-refractivity contribution in [2.24, 2.45) is 0 Å². The Bertz CT molecular complexity index is 6360. The van der Waals surface area contributed by atoms with Crippen LogP contribution in [0.2, 0.25) is 45.2 Å². The predicted octanol–water partition coefficient (Wildman–Crippen LogP) is 24.0. The molecule has 602 valence electrons. The summed E-state index contributed by atoms with van der Waals surface area (Å²) < 4.78 is 28.9. The van der Waals surface area contributed by atoms with Crippen LogP contribution in [0.3, 0.4) is 0 Å². The first kappa shape index (κ1) is 94.6. The monoisotopic (exact) mass is 2010 g/mol. The molecule has 0 unspecified atom stereocenters. The molecule has 17 rings (SSSR count). The number of phenols is 1. The van der Waals surface area contributed by atoms with Crippen molar-refractivity contribution in [2.45, 2.75) is 14.4 Å². The molecule has 12 aromatic carbocycles. The summed E-state index contributed by atoms with van der Waals surface area (Å²) in [5.41, 5.74) is 11.5.